The summed E-state index contributed by atoms with van der Waals surface area (Å²) in [6.07, 6.45) is 14.5. The molecule has 10 nitrogen and oxygen atoms in total. The molecule has 60 heavy (non-hydrogen) atoms. The maximum Gasteiger partial charge on any atom is 1.00 e. The molecule has 332 valence electrons. The van der Waals surface area contributed by atoms with Crippen LogP contribution in [0, 0.1) is 101 Å². The van der Waals surface area contributed by atoms with E-state index in [0.717, 1.165) is 76.3 Å². The number of hydrogen-bond donors (Lipinski definition) is 1. The van der Waals surface area contributed by atoms with Crippen LogP contribution in [0.15, 0.2) is 12.2 Å². The Hall–Kier alpha value is -2.28. The first-order valence-electron chi connectivity index (χ1n) is 22.3. The van der Waals surface area contributed by atoms with Crippen LogP contribution in [0.1, 0.15) is 167 Å². The summed E-state index contributed by atoms with van der Waals surface area (Å²) in [6, 6.07) is 10.0. The van der Waals surface area contributed by atoms with E-state index in [2.05, 4.69) is 102 Å². The molecule has 2 N–H and O–H groups in total. The van der Waals surface area contributed by atoms with Crippen molar-refractivity contribution in [2.24, 2.45) is 56.2 Å². The Balaban J connectivity index is 0.000000781. The monoisotopic (exact) mass is 841 g/mol. The number of allylic oxidation sites excluding steroid dienone is 2. The average molecular weight is 841 g/mol. The molecule has 5 fully saturated rings. The van der Waals surface area contributed by atoms with Crippen LogP contribution in [0.4, 0.5) is 0 Å². The van der Waals surface area contributed by atoms with Crippen LogP contribution in [-0.4, -0.2) is 70.4 Å². The standard InChI is InChI=1S/C16H28N2.C16H29NO2.C7H9NO.C7H9N.C3H5N.Na.H2O/c1-12-9-18(10-13(2)15(12,3)4)14-6-7-16(5,8-14)11-17;1-11-9-17(10-12(2)15(11,3)4)13-6-7-16(5,8-13)14(18)19;1-7(5-8)3-2-6(9)4-7;1-7(6-8)4-2-3-5-7;1-2-3-4;;/h12-14H,6-10H2,1-5H3;11-13H,6-10H2,1-5H3,(H,18,19);2-4H2,1H3;2-3H,4-5H2,1H3;2H2,1H3;;1H2/q;;;;;+1;/p-1. The maximum absolute atomic E-state index is 11.4. The van der Waals surface area contributed by atoms with Crippen molar-refractivity contribution in [1.82, 2.24) is 9.80 Å². The van der Waals surface area contributed by atoms with Crippen molar-refractivity contribution in [3.05, 3.63) is 12.2 Å². The molecule has 0 aromatic heterocycles. The van der Waals surface area contributed by atoms with E-state index in [-0.39, 0.29) is 57.1 Å². The van der Waals surface area contributed by atoms with Crippen molar-refractivity contribution >= 4 is 11.8 Å². The molecule has 0 aromatic carbocycles. The van der Waals surface area contributed by atoms with E-state index in [1.54, 1.807) is 0 Å². The second-order valence-corrected chi connectivity index (χ2v) is 21.4. The molecule has 0 spiro atoms. The zero-order valence-corrected chi connectivity index (χ0v) is 42.3. The smallest absolute Gasteiger partial charge is 0.870 e. The summed E-state index contributed by atoms with van der Waals surface area (Å²) < 4.78 is 0. The molecular weight excluding hydrogens is 760 g/mol. The fourth-order valence-electron chi connectivity index (χ4n) is 9.39. The van der Waals surface area contributed by atoms with Gasteiger partial charge in [-0.2, -0.15) is 21.0 Å². The fourth-order valence-corrected chi connectivity index (χ4v) is 9.39. The van der Waals surface area contributed by atoms with Crippen LogP contribution in [0.3, 0.4) is 0 Å². The molecule has 3 saturated carbocycles. The minimum Gasteiger partial charge on any atom is -0.870 e. The molecule has 2 heterocycles. The van der Waals surface area contributed by atoms with Crippen molar-refractivity contribution in [3.8, 4) is 24.3 Å². The number of hydrogen-bond acceptors (Lipinski definition) is 9. The van der Waals surface area contributed by atoms with Gasteiger partial charge in [0.05, 0.1) is 45.9 Å². The number of rotatable bonds is 3. The number of Topliss-reactive ketones (excluding diaryl/α,β-unsaturated/α-hetero) is 1. The predicted molar refractivity (Wildman–Crippen MR) is 235 cm³/mol. The topological polar surface area (TPSA) is 186 Å². The van der Waals surface area contributed by atoms with Gasteiger partial charge in [-0.25, -0.2) is 0 Å². The van der Waals surface area contributed by atoms with E-state index in [9.17, 15) is 20.0 Å². The number of ketones is 1. The molecule has 9 atom stereocenters. The van der Waals surface area contributed by atoms with Gasteiger partial charge in [-0.1, -0.05) is 74.5 Å². The van der Waals surface area contributed by atoms with Gasteiger partial charge in [0.25, 0.3) is 0 Å². The van der Waals surface area contributed by atoms with Gasteiger partial charge >= 0.3 is 35.5 Å². The Morgan fingerprint density at radius 1 is 0.683 bits per heavy atom. The number of likely N-dealkylation sites (tertiary alicyclic amines) is 2. The van der Waals surface area contributed by atoms with Gasteiger partial charge in [0.1, 0.15) is 5.78 Å². The van der Waals surface area contributed by atoms with Crippen molar-refractivity contribution in [2.75, 3.05) is 26.2 Å². The van der Waals surface area contributed by atoms with E-state index < -0.39 is 11.4 Å². The molecule has 0 radical (unpaired) electrons. The Kier molecular flexibility index (Phi) is 23.1. The number of carboxylic acids is 1. The van der Waals surface area contributed by atoms with Crippen molar-refractivity contribution in [3.63, 3.8) is 0 Å². The minimum atomic E-state index is -0.617. The van der Waals surface area contributed by atoms with Gasteiger partial charge in [0.15, 0.2) is 0 Å². The van der Waals surface area contributed by atoms with E-state index in [1.807, 2.05) is 33.8 Å². The summed E-state index contributed by atoms with van der Waals surface area (Å²) in [4.78, 5) is 27.3. The third-order valence-corrected chi connectivity index (χ3v) is 15.9. The van der Waals surface area contributed by atoms with Crippen LogP contribution >= 0.6 is 0 Å². The second-order valence-electron chi connectivity index (χ2n) is 21.4. The molecule has 2 aliphatic heterocycles. The average Bonchev–Trinajstić information content (AvgIpc) is 3.98. The normalized spacial score (nSPS) is 35.7. The van der Waals surface area contributed by atoms with Crippen molar-refractivity contribution in [1.29, 1.82) is 21.0 Å². The number of aliphatic carboxylic acids is 1. The fraction of sp³-hybridized carbons (Fsp3) is 0.837. The van der Waals surface area contributed by atoms with Crippen molar-refractivity contribution in [2.45, 2.75) is 179 Å². The summed E-state index contributed by atoms with van der Waals surface area (Å²) in [5.74, 6) is 2.46. The van der Waals surface area contributed by atoms with Gasteiger partial charge in [-0.05, 0) is 120 Å². The van der Waals surface area contributed by atoms with Crippen LogP contribution in [0.25, 0.3) is 0 Å². The summed E-state index contributed by atoms with van der Waals surface area (Å²) in [7, 11) is 0. The molecule has 4 aliphatic carbocycles. The van der Waals surface area contributed by atoms with E-state index >= 15 is 0 Å². The summed E-state index contributed by atoms with van der Waals surface area (Å²) in [5.41, 5.74) is -0.121. The summed E-state index contributed by atoms with van der Waals surface area (Å²) in [6.45, 7) is 33.4. The quantitative estimate of drug-likeness (QED) is 0.217. The second kappa shape index (κ2) is 24.0. The Labute approximate surface area is 388 Å². The Bertz CT molecular complexity index is 1570. The summed E-state index contributed by atoms with van der Waals surface area (Å²) >= 11 is 0. The Morgan fingerprint density at radius 3 is 1.33 bits per heavy atom. The zero-order chi connectivity index (χ0) is 44.3. The van der Waals surface area contributed by atoms with Crippen LogP contribution in [0.2, 0.25) is 0 Å². The van der Waals surface area contributed by atoms with Crippen LogP contribution in [0.5, 0.6) is 0 Å². The summed E-state index contributed by atoms with van der Waals surface area (Å²) in [5, 5.41) is 43.3. The maximum atomic E-state index is 11.4. The van der Waals surface area contributed by atoms with Gasteiger partial charge in [0, 0.05) is 57.5 Å². The molecular formula is C49H81N6NaO4. The molecule has 9 unspecified atom stereocenters. The SMILES string of the molecule is CC1(C#N)CC=CC1.CC1(C#N)CCC(=O)C1.CC1CN(C2CCC(C)(C#N)C2)CC(C)C1(C)C.CC1CN(C2CCC(C)(C(=O)O)C2)CC(C)C1(C)C.CCC#N.[Na+].[OH-]. The van der Waals surface area contributed by atoms with E-state index in [1.165, 1.54) is 19.5 Å². The van der Waals surface area contributed by atoms with E-state index in [4.69, 9.17) is 15.8 Å². The number of nitrogens with zero attached hydrogens (tertiary/aromatic N) is 6. The predicted octanol–water partition coefficient (Wildman–Crippen LogP) is 7.81. The number of piperidine rings is 2. The number of carbonyl (C=O) groups is 2. The first kappa shape index (κ1) is 57.7. The van der Waals surface area contributed by atoms with Gasteiger partial charge in [0.2, 0.25) is 0 Å². The van der Waals surface area contributed by atoms with Gasteiger partial charge in [-0.3, -0.25) is 19.4 Å². The molecule has 2 saturated heterocycles. The first-order chi connectivity index (χ1) is 26.8. The third-order valence-electron chi connectivity index (χ3n) is 15.9. The number of carboxylic acid groups (broad SMARTS) is 1. The zero-order valence-electron chi connectivity index (χ0n) is 40.3. The molecule has 6 aliphatic rings. The Morgan fingerprint density at radius 2 is 1.07 bits per heavy atom. The van der Waals surface area contributed by atoms with Crippen LogP contribution < -0.4 is 29.6 Å². The molecule has 6 rings (SSSR count). The molecule has 0 bridgehead atoms. The minimum absolute atomic E-state index is 0. The van der Waals surface area contributed by atoms with E-state index in [0.29, 0.717) is 54.0 Å². The first-order valence-corrected chi connectivity index (χ1v) is 22.3. The third kappa shape index (κ3) is 15.5. The molecule has 11 heteroatoms. The van der Waals surface area contributed by atoms with Gasteiger partial charge in [-0.15, -0.1) is 0 Å². The van der Waals surface area contributed by atoms with Crippen LogP contribution in [-0.2, 0) is 9.59 Å². The number of carbonyl (C=O) groups excluding carboxylic acids is 1. The molecule has 0 aromatic rings. The van der Waals surface area contributed by atoms with Crippen molar-refractivity contribution < 1.29 is 49.7 Å². The van der Waals surface area contributed by atoms with Gasteiger partial charge < -0.3 is 10.6 Å². The molecule has 0 amide bonds. The number of nitriles is 4. The largest absolute Gasteiger partial charge is 1.00 e.